The van der Waals surface area contributed by atoms with Crippen LogP contribution in [0.3, 0.4) is 0 Å². The largest absolute Gasteiger partial charge is 0.383 e. The molecule has 0 unspecified atom stereocenters. The maximum absolute atomic E-state index is 12.7. The molecule has 0 spiro atoms. The van der Waals surface area contributed by atoms with Crippen molar-refractivity contribution in [3.05, 3.63) is 24.3 Å². The van der Waals surface area contributed by atoms with E-state index in [4.69, 9.17) is 0 Å². The maximum atomic E-state index is 12.7. The van der Waals surface area contributed by atoms with Crippen molar-refractivity contribution in [2.24, 2.45) is 0 Å². The number of carbonyl (C=O) groups excluding carboxylic acids is 1. The van der Waals surface area contributed by atoms with Crippen LogP contribution in [0.4, 0.5) is 28.9 Å². The molecule has 1 aromatic rings. The van der Waals surface area contributed by atoms with Crippen molar-refractivity contribution in [2.45, 2.75) is 12.3 Å². The first-order valence-electron chi connectivity index (χ1n) is 5.07. The second kappa shape index (κ2) is 5.65. The molecule has 1 amide bonds. The van der Waals surface area contributed by atoms with E-state index in [0.29, 0.717) is 0 Å². The minimum Gasteiger partial charge on any atom is -0.321 e. The number of benzene rings is 1. The van der Waals surface area contributed by atoms with E-state index < -0.39 is 28.3 Å². The summed E-state index contributed by atoms with van der Waals surface area (Å²) < 4.78 is 73.1. The zero-order valence-corrected chi connectivity index (χ0v) is 10.8. The molecule has 0 aliphatic heterocycles. The molecule has 10 heteroatoms. The van der Waals surface area contributed by atoms with E-state index in [0.717, 1.165) is 18.4 Å². The Hall–Kier alpha value is -1.84. The van der Waals surface area contributed by atoms with Gasteiger partial charge in [-0.2, -0.15) is 8.78 Å². The molecule has 0 saturated carbocycles. The number of rotatable bonds is 5. The molecule has 0 saturated heterocycles. The lowest BCUT2D eigenvalue weighted by Crippen LogP contribution is -2.40. The number of alkyl halides is 4. The molecule has 0 aliphatic carbocycles. The number of hydrogen-bond donors (Lipinski definition) is 2. The summed E-state index contributed by atoms with van der Waals surface area (Å²) in [6.45, 7) is 0. The quantitative estimate of drug-likeness (QED) is 0.815. The monoisotopic (exact) mass is 314 g/mol. The molecular formula is C10H10F4N2O3S. The van der Waals surface area contributed by atoms with Gasteiger partial charge in [0.05, 0.1) is 6.26 Å². The normalized spacial score (nSPS) is 12.3. The average Bonchev–Trinajstić information content (AvgIpc) is 2.29. The summed E-state index contributed by atoms with van der Waals surface area (Å²) in [7, 11) is -3.50. The molecule has 1 rings (SSSR count). The highest BCUT2D eigenvalue weighted by Gasteiger charge is 2.48. The van der Waals surface area contributed by atoms with Crippen molar-refractivity contribution < 1.29 is 30.8 Å². The Balaban J connectivity index is 2.78. The van der Waals surface area contributed by atoms with Crippen LogP contribution in [0.2, 0.25) is 0 Å². The Morgan fingerprint density at radius 1 is 1.15 bits per heavy atom. The molecule has 0 radical (unpaired) electrons. The van der Waals surface area contributed by atoms with Crippen molar-refractivity contribution >= 4 is 27.3 Å². The van der Waals surface area contributed by atoms with E-state index in [2.05, 4.69) is 4.72 Å². The van der Waals surface area contributed by atoms with Crippen LogP contribution in [0.15, 0.2) is 24.3 Å². The Labute approximate surface area is 112 Å². The first-order chi connectivity index (χ1) is 9.02. The SMILES string of the molecule is CS(=O)(=O)Nc1ccc(NC(=O)C(F)(F)C(F)F)cc1. The van der Waals surface area contributed by atoms with Gasteiger partial charge in [-0.3, -0.25) is 9.52 Å². The van der Waals surface area contributed by atoms with Crippen molar-refractivity contribution in [3.63, 3.8) is 0 Å². The summed E-state index contributed by atoms with van der Waals surface area (Å²) in [5, 5.41) is 1.61. The molecule has 2 N–H and O–H groups in total. The van der Waals surface area contributed by atoms with Crippen LogP contribution in [-0.4, -0.2) is 32.9 Å². The summed E-state index contributed by atoms with van der Waals surface area (Å²) in [5.74, 6) is -6.94. The lowest BCUT2D eigenvalue weighted by molar-refractivity contribution is -0.163. The number of anilines is 2. The predicted molar refractivity (Wildman–Crippen MR) is 64.5 cm³/mol. The van der Waals surface area contributed by atoms with E-state index in [1.165, 1.54) is 12.1 Å². The first kappa shape index (κ1) is 16.2. The standard InChI is InChI=1S/C10H10F4N2O3S/c1-20(18,19)16-7-4-2-6(3-5-7)15-9(17)10(13,14)8(11)12/h2-5,8,16H,1H3,(H,15,17). The molecule has 0 atom stereocenters. The summed E-state index contributed by atoms with van der Waals surface area (Å²) in [4.78, 5) is 10.9. The third-order valence-electron chi connectivity index (χ3n) is 2.02. The van der Waals surface area contributed by atoms with Crippen LogP contribution in [0.25, 0.3) is 0 Å². The molecule has 0 aliphatic rings. The summed E-state index contributed by atoms with van der Waals surface area (Å²) in [6, 6.07) is 4.54. The van der Waals surface area contributed by atoms with E-state index in [-0.39, 0.29) is 11.4 Å². The van der Waals surface area contributed by atoms with Crippen molar-refractivity contribution in [1.29, 1.82) is 0 Å². The third kappa shape index (κ3) is 4.37. The molecule has 5 nitrogen and oxygen atoms in total. The Kier molecular flexibility index (Phi) is 4.58. The Morgan fingerprint density at radius 3 is 2.00 bits per heavy atom. The van der Waals surface area contributed by atoms with Gasteiger partial charge in [-0.15, -0.1) is 0 Å². The molecule has 1 aromatic carbocycles. The first-order valence-corrected chi connectivity index (χ1v) is 6.97. The van der Waals surface area contributed by atoms with Gasteiger partial charge in [0.2, 0.25) is 10.0 Å². The van der Waals surface area contributed by atoms with Gasteiger partial charge in [-0.1, -0.05) is 0 Å². The molecule has 0 fully saturated rings. The van der Waals surface area contributed by atoms with Gasteiger partial charge in [0, 0.05) is 11.4 Å². The van der Waals surface area contributed by atoms with Gasteiger partial charge >= 0.3 is 18.3 Å². The van der Waals surface area contributed by atoms with Crippen LogP contribution in [0.5, 0.6) is 0 Å². The molecular weight excluding hydrogens is 304 g/mol. The Bertz CT molecular complexity index is 587. The fraction of sp³-hybridized carbons (Fsp3) is 0.300. The fourth-order valence-corrected chi connectivity index (χ4v) is 1.71. The van der Waals surface area contributed by atoms with E-state index in [1.807, 2.05) is 0 Å². The van der Waals surface area contributed by atoms with Crippen LogP contribution in [-0.2, 0) is 14.8 Å². The zero-order chi connectivity index (χ0) is 15.6. The van der Waals surface area contributed by atoms with Gasteiger partial charge < -0.3 is 5.32 Å². The smallest absolute Gasteiger partial charge is 0.321 e. The van der Waals surface area contributed by atoms with Crippen LogP contribution in [0, 0.1) is 0 Å². The highest BCUT2D eigenvalue weighted by Crippen LogP contribution is 2.25. The number of sulfonamides is 1. The maximum Gasteiger partial charge on any atom is 0.383 e. The molecule has 112 valence electrons. The van der Waals surface area contributed by atoms with Gasteiger partial charge in [-0.25, -0.2) is 17.2 Å². The third-order valence-corrected chi connectivity index (χ3v) is 2.63. The highest BCUT2D eigenvalue weighted by molar-refractivity contribution is 7.92. The number of halogens is 4. The number of hydrogen-bond acceptors (Lipinski definition) is 3. The predicted octanol–water partition coefficient (Wildman–Crippen LogP) is 1.90. The van der Waals surface area contributed by atoms with E-state index >= 15 is 0 Å². The second-order valence-corrected chi connectivity index (χ2v) is 5.58. The number of nitrogens with one attached hydrogen (secondary N) is 2. The topological polar surface area (TPSA) is 75.3 Å². The fourth-order valence-electron chi connectivity index (χ4n) is 1.15. The van der Waals surface area contributed by atoms with Gasteiger partial charge in [-0.05, 0) is 24.3 Å². The van der Waals surface area contributed by atoms with Gasteiger partial charge in [0.25, 0.3) is 0 Å². The van der Waals surface area contributed by atoms with Crippen molar-refractivity contribution in [1.82, 2.24) is 0 Å². The van der Waals surface area contributed by atoms with Gasteiger partial charge in [0.1, 0.15) is 0 Å². The summed E-state index contributed by atoms with van der Waals surface area (Å²) in [6.07, 6.45) is -3.21. The highest BCUT2D eigenvalue weighted by atomic mass is 32.2. The van der Waals surface area contributed by atoms with E-state index in [9.17, 15) is 30.8 Å². The van der Waals surface area contributed by atoms with Crippen LogP contribution < -0.4 is 10.0 Å². The molecule has 0 bridgehead atoms. The minimum atomic E-state index is -4.80. The lowest BCUT2D eigenvalue weighted by atomic mass is 10.2. The van der Waals surface area contributed by atoms with Crippen molar-refractivity contribution in [3.8, 4) is 0 Å². The summed E-state index contributed by atoms with van der Waals surface area (Å²) in [5.41, 5.74) is -0.0412. The molecule has 20 heavy (non-hydrogen) atoms. The van der Waals surface area contributed by atoms with Crippen LogP contribution >= 0.6 is 0 Å². The van der Waals surface area contributed by atoms with E-state index in [1.54, 1.807) is 5.32 Å². The minimum absolute atomic E-state index is 0.131. The van der Waals surface area contributed by atoms with Gasteiger partial charge in [0.15, 0.2) is 0 Å². The lowest BCUT2D eigenvalue weighted by Gasteiger charge is -2.15. The average molecular weight is 314 g/mol. The zero-order valence-electron chi connectivity index (χ0n) is 10.0. The molecule has 0 heterocycles. The second-order valence-electron chi connectivity index (χ2n) is 3.83. The van der Waals surface area contributed by atoms with Crippen molar-refractivity contribution in [2.75, 3.05) is 16.3 Å². The Morgan fingerprint density at radius 2 is 1.60 bits per heavy atom. The number of amides is 1. The molecule has 0 aromatic heterocycles. The van der Waals surface area contributed by atoms with Crippen LogP contribution in [0.1, 0.15) is 0 Å². The summed E-state index contributed by atoms with van der Waals surface area (Å²) >= 11 is 0. The number of carbonyl (C=O) groups is 1.